The van der Waals surface area contributed by atoms with Gasteiger partial charge in [0.2, 0.25) is 11.2 Å². The topological polar surface area (TPSA) is 77.8 Å². The van der Waals surface area contributed by atoms with Crippen LogP contribution < -0.4 is 20.2 Å². The molecule has 6 nitrogen and oxygen atoms in total. The summed E-state index contributed by atoms with van der Waals surface area (Å²) in [7, 11) is 0. The zero-order valence-corrected chi connectivity index (χ0v) is 22.0. The molecule has 192 valence electrons. The van der Waals surface area contributed by atoms with E-state index in [1.807, 2.05) is 42.5 Å². The van der Waals surface area contributed by atoms with Gasteiger partial charge in [0.1, 0.15) is 23.3 Å². The van der Waals surface area contributed by atoms with E-state index >= 15 is 0 Å². The van der Waals surface area contributed by atoms with E-state index in [0.29, 0.717) is 22.5 Å². The van der Waals surface area contributed by atoms with Gasteiger partial charge in [-0.15, -0.1) is 0 Å². The molecular formula is C31H33NO5. The monoisotopic (exact) mass is 499 g/mol. The van der Waals surface area contributed by atoms with Crippen LogP contribution in [0.1, 0.15) is 63.1 Å². The average Bonchev–Trinajstić information content (AvgIpc) is 2.89. The summed E-state index contributed by atoms with van der Waals surface area (Å²) < 4.78 is 17.1. The van der Waals surface area contributed by atoms with Crippen molar-refractivity contribution in [3.05, 3.63) is 93.8 Å². The summed E-state index contributed by atoms with van der Waals surface area (Å²) in [4.78, 5) is 25.7. The van der Waals surface area contributed by atoms with Crippen molar-refractivity contribution in [3.8, 4) is 17.2 Å². The predicted molar refractivity (Wildman–Crippen MR) is 147 cm³/mol. The molecule has 0 saturated heterocycles. The second-order valence-electron chi connectivity index (χ2n) is 9.64. The Bertz CT molecular complexity index is 1420. The third-order valence-corrected chi connectivity index (χ3v) is 6.28. The highest BCUT2D eigenvalue weighted by Gasteiger charge is 2.17. The molecule has 3 aromatic carbocycles. The second-order valence-corrected chi connectivity index (χ2v) is 9.64. The van der Waals surface area contributed by atoms with E-state index in [4.69, 9.17) is 13.9 Å². The molecule has 6 heteroatoms. The Hall–Kier alpha value is -4.06. The van der Waals surface area contributed by atoms with Crippen LogP contribution in [0.5, 0.6) is 17.2 Å². The quantitative estimate of drug-likeness (QED) is 0.259. The molecule has 0 atom stereocenters. The van der Waals surface area contributed by atoms with Gasteiger partial charge in [0.05, 0.1) is 5.39 Å². The normalized spacial score (nSPS) is 11.2. The average molecular weight is 500 g/mol. The van der Waals surface area contributed by atoms with E-state index in [0.717, 1.165) is 23.2 Å². The van der Waals surface area contributed by atoms with Crippen LogP contribution in [-0.2, 0) is 11.2 Å². The van der Waals surface area contributed by atoms with E-state index in [1.165, 1.54) is 11.8 Å². The first-order chi connectivity index (χ1) is 17.8. The third kappa shape index (κ3) is 6.02. The minimum absolute atomic E-state index is 0.106. The fourth-order valence-electron chi connectivity index (χ4n) is 4.19. The number of carbonyl (C=O) groups excluding carboxylic acids is 1. The predicted octanol–water partition coefficient (Wildman–Crippen LogP) is 7.41. The van der Waals surface area contributed by atoms with Gasteiger partial charge >= 0.3 is 0 Å². The maximum atomic E-state index is 12.9. The zero-order chi connectivity index (χ0) is 26.5. The number of rotatable bonds is 9. The van der Waals surface area contributed by atoms with E-state index < -0.39 is 0 Å². The van der Waals surface area contributed by atoms with E-state index in [2.05, 4.69) is 39.9 Å². The highest BCUT2D eigenvalue weighted by atomic mass is 16.5. The molecule has 0 unspecified atom stereocenters. The van der Waals surface area contributed by atoms with Crippen LogP contribution in [0.15, 0.2) is 76.1 Å². The molecule has 0 aliphatic rings. The van der Waals surface area contributed by atoms with Gasteiger partial charge in [0.15, 0.2) is 6.61 Å². The molecule has 4 aromatic rings. The van der Waals surface area contributed by atoms with E-state index in [-0.39, 0.29) is 35.5 Å². The number of hydrogen-bond acceptors (Lipinski definition) is 5. The number of para-hydroxylation sites is 1. The van der Waals surface area contributed by atoms with Crippen molar-refractivity contribution in [1.82, 2.24) is 0 Å². The Morgan fingerprint density at radius 3 is 2.19 bits per heavy atom. The van der Waals surface area contributed by atoms with Crippen LogP contribution in [0.25, 0.3) is 11.0 Å². The lowest BCUT2D eigenvalue weighted by atomic mass is 9.92. The van der Waals surface area contributed by atoms with Crippen molar-refractivity contribution in [2.24, 2.45) is 0 Å². The number of aryl methyl sites for hydroxylation is 1. The first-order valence-electron chi connectivity index (χ1n) is 12.6. The zero-order valence-electron chi connectivity index (χ0n) is 22.0. The Morgan fingerprint density at radius 2 is 1.57 bits per heavy atom. The number of hydrogen-bond donors (Lipinski definition) is 1. The highest BCUT2D eigenvalue weighted by molar-refractivity contribution is 5.94. The number of carbonyl (C=O) groups is 1. The Balaban J connectivity index is 1.46. The number of nitrogens with one attached hydrogen (secondary N) is 1. The van der Waals surface area contributed by atoms with Crippen molar-refractivity contribution in [2.45, 2.75) is 52.9 Å². The van der Waals surface area contributed by atoms with Gasteiger partial charge in [-0.1, -0.05) is 65.0 Å². The Labute approximate surface area is 217 Å². The van der Waals surface area contributed by atoms with E-state index in [9.17, 15) is 9.59 Å². The van der Waals surface area contributed by atoms with Crippen molar-refractivity contribution in [2.75, 3.05) is 11.9 Å². The lowest BCUT2D eigenvalue weighted by molar-refractivity contribution is -0.118. The maximum Gasteiger partial charge on any atom is 0.262 e. The summed E-state index contributed by atoms with van der Waals surface area (Å²) >= 11 is 0. The van der Waals surface area contributed by atoms with Crippen molar-refractivity contribution in [3.63, 3.8) is 0 Å². The molecule has 0 bridgehead atoms. The fraction of sp³-hybridized carbons (Fsp3) is 0.290. The molecule has 0 radical (unpaired) electrons. The van der Waals surface area contributed by atoms with Gasteiger partial charge in [-0.25, -0.2) is 0 Å². The fourth-order valence-corrected chi connectivity index (χ4v) is 4.19. The standard InChI is InChI=1S/C31H33NO5/c1-6-21-10-12-22(13-11-21)37-28-17-36-27-16-23(14-15-26(27)31(28)34)35-18-29(33)32-30-24(19(2)3)8-7-9-25(30)20(4)5/h7-17,19-20H,6,18H2,1-5H3,(H,32,33). The minimum Gasteiger partial charge on any atom is -0.484 e. The molecule has 1 N–H and O–H groups in total. The number of amides is 1. The van der Waals surface area contributed by atoms with Gasteiger partial charge in [-0.2, -0.15) is 0 Å². The number of anilines is 1. The van der Waals surface area contributed by atoms with Crippen LogP contribution in [-0.4, -0.2) is 12.5 Å². The molecule has 0 aliphatic carbocycles. The lowest BCUT2D eigenvalue weighted by Gasteiger charge is -2.20. The number of benzene rings is 3. The molecule has 1 aromatic heterocycles. The number of ether oxygens (including phenoxy) is 2. The van der Waals surface area contributed by atoms with Gasteiger partial charge < -0.3 is 19.2 Å². The maximum absolute atomic E-state index is 12.9. The molecule has 1 heterocycles. The summed E-state index contributed by atoms with van der Waals surface area (Å²) in [6.45, 7) is 10.3. The van der Waals surface area contributed by atoms with Gasteiger partial charge in [-0.3, -0.25) is 9.59 Å². The molecule has 0 fully saturated rings. The molecule has 1 amide bonds. The summed E-state index contributed by atoms with van der Waals surface area (Å²) in [6, 6.07) is 18.5. The van der Waals surface area contributed by atoms with Crippen LogP contribution >= 0.6 is 0 Å². The minimum atomic E-state index is -0.281. The van der Waals surface area contributed by atoms with Gasteiger partial charge in [0.25, 0.3) is 5.91 Å². The lowest BCUT2D eigenvalue weighted by Crippen LogP contribution is -2.22. The Kier molecular flexibility index (Phi) is 7.97. The van der Waals surface area contributed by atoms with Crippen LogP contribution in [0.2, 0.25) is 0 Å². The molecule has 0 saturated carbocycles. The molecule has 37 heavy (non-hydrogen) atoms. The van der Waals surface area contributed by atoms with E-state index in [1.54, 1.807) is 18.2 Å². The molecule has 0 spiro atoms. The summed E-state index contributed by atoms with van der Waals surface area (Å²) in [6.07, 6.45) is 2.22. The van der Waals surface area contributed by atoms with Crippen LogP contribution in [0, 0.1) is 0 Å². The largest absolute Gasteiger partial charge is 0.484 e. The highest BCUT2D eigenvalue weighted by Crippen LogP contribution is 2.32. The first-order valence-corrected chi connectivity index (χ1v) is 12.6. The van der Waals surface area contributed by atoms with Crippen molar-refractivity contribution >= 4 is 22.6 Å². The van der Waals surface area contributed by atoms with Gasteiger partial charge in [0, 0.05) is 11.8 Å². The third-order valence-electron chi connectivity index (χ3n) is 6.28. The van der Waals surface area contributed by atoms with Crippen molar-refractivity contribution in [1.29, 1.82) is 0 Å². The summed E-state index contributed by atoms with van der Waals surface area (Å²) in [5, 5.41) is 3.41. The first kappa shape index (κ1) is 26.0. The SMILES string of the molecule is CCc1ccc(Oc2coc3cc(OCC(=O)Nc4c(C(C)C)cccc4C(C)C)ccc3c2=O)cc1. The summed E-state index contributed by atoms with van der Waals surface area (Å²) in [5.74, 6) is 1.38. The molecule has 4 rings (SSSR count). The Morgan fingerprint density at radius 1 is 0.919 bits per heavy atom. The second kappa shape index (κ2) is 11.3. The van der Waals surface area contributed by atoms with Crippen LogP contribution in [0.3, 0.4) is 0 Å². The van der Waals surface area contributed by atoms with Gasteiger partial charge in [-0.05, 0) is 59.2 Å². The molecular weight excluding hydrogens is 466 g/mol. The van der Waals surface area contributed by atoms with Crippen LogP contribution in [0.4, 0.5) is 5.69 Å². The van der Waals surface area contributed by atoms with Crippen molar-refractivity contribution < 1.29 is 18.7 Å². The smallest absolute Gasteiger partial charge is 0.262 e. The molecule has 0 aliphatic heterocycles. The summed E-state index contributed by atoms with van der Waals surface area (Å²) in [5.41, 5.74) is 4.28. The number of fused-ring (bicyclic) bond motifs is 1.